The number of unbranched alkanes of at least 4 members (excludes halogenated alkanes) is 3. The maximum atomic E-state index is 12.6. The van der Waals surface area contributed by atoms with E-state index in [9.17, 15) is 24.3 Å². The van der Waals surface area contributed by atoms with E-state index in [0.717, 1.165) is 49.6 Å². The van der Waals surface area contributed by atoms with Crippen LogP contribution in [0.5, 0.6) is 0 Å². The van der Waals surface area contributed by atoms with Crippen LogP contribution < -0.4 is 21.3 Å². The minimum atomic E-state index is -1.48. The van der Waals surface area contributed by atoms with E-state index >= 15 is 0 Å². The van der Waals surface area contributed by atoms with Gasteiger partial charge in [0.15, 0.2) is 0 Å². The van der Waals surface area contributed by atoms with E-state index < -0.39 is 29.8 Å². The summed E-state index contributed by atoms with van der Waals surface area (Å²) in [5.41, 5.74) is 0.607. The van der Waals surface area contributed by atoms with E-state index in [0.29, 0.717) is 12.8 Å². The van der Waals surface area contributed by atoms with Gasteiger partial charge < -0.3 is 25.6 Å². The van der Waals surface area contributed by atoms with Crippen LogP contribution >= 0.6 is 0 Å². The summed E-state index contributed by atoms with van der Waals surface area (Å²) in [4.78, 5) is 46.8. The fourth-order valence-corrected chi connectivity index (χ4v) is 4.94. The highest BCUT2D eigenvalue weighted by Crippen LogP contribution is 2.30. The van der Waals surface area contributed by atoms with E-state index in [1.54, 1.807) is 0 Å². The molecule has 218 valence electrons. The van der Waals surface area contributed by atoms with E-state index in [1.807, 2.05) is 72.9 Å². The van der Waals surface area contributed by atoms with Crippen molar-refractivity contribution in [3.63, 3.8) is 0 Å². The van der Waals surface area contributed by atoms with Gasteiger partial charge >= 0.3 is 12.2 Å². The molecule has 0 fully saturated rings. The standard InChI is InChI=1S/C30H42N4O6/c1-22(21-35)31-18-12-4-3-11-17-26(19-24-13-7-5-8-14-24)30(34-29(39)40,20-25-15-9-6-10-16-25)33-23(2)27(36)32-28(37)38/h5-10,13-16,21-23,26,31,33-34H,3-4,11-12,17-20H2,1-2H3,(H,32,36)(H,37,38)(H,39,40)/t22?,23-,26-,30?/m0/s1. The first-order valence-corrected chi connectivity index (χ1v) is 13.7. The summed E-state index contributed by atoms with van der Waals surface area (Å²) in [5, 5.41) is 30.0. The summed E-state index contributed by atoms with van der Waals surface area (Å²) in [6, 6.07) is 18.0. The van der Waals surface area contributed by atoms with Gasteiger partial charge in [-0.2, -0.15) is 0 Å². The molecule has 10 heteroatoms. The number of nitrogens with one attached hydrogen (secondary N) is 4. The van der Waals surface area contributed by atoms with Crippen LogP contribution in [0.3, 0.4) is 0 Å². The number of imide groups is 1. The zero-order chi connectivity index (χ0) is 29.4. The molecule has 4 atom stereocenters. The zero-order valence-corrected chi connectivity index (χ0v) is 23.3. The van der Waals surface area contributed by atoms with Crippen LogP contribution in [0.4, 0.5) is 9.59 Å². The van der Waals surface area contributed by atoms with Crippen LogP contribution in [0.2, 0.25) is 0 Å². The van der Waals surface area contributed by atoms with Gasteiger partial charge in [0.1, 0.15) is 11.9 Å². The third-order valence-electron chi connectivity index (χ3n) is 6.92. The fraction of sp³-hybridized carbons (Fsp3) is 0.467. The second-order valence-electron chi connectivity index (χ2n) is 10.2. The van der Waals surface area contributed by atoms with Crippen molar-refractivity contribution in [2.45, 2.75) is 76.5 Å². The van der Waals surface area contributed by atoms with Crippen LogP contribution in [0.25, 0.3) is 0 Å². The minimum Gasteiger partial charge on any atom is -0.465 e. The lowest BCUT2D eigenvalue weighted by Crippen LogP contribution is -2.68. The van der Waals surface area contributed by atoms with Crippen molar-refractivity contribution in [2.75, 3.05) is 6.54 Å². The normalized spacial score (nSPS) is 14.8. The van der Waals surface area contributed by atoms with Gasteiger partial charge in [0.2, 0.25) is 5.91 Å². The Bertz CT molecular complexity index is 1070. The van der Waals surface area contributed by atoms with Crippen LogP contribution in [-0.4, -0.2) is 58.9 Å². The maximum Gasteiger partial charge on any atom is 0.411 e. The number of carbonyl (C=O) groups excluding carboxylic acids is 2. The van der Waals surface area contributed by atoms with Crippen molar-refractivity contribution in [1.82, 2.24) is 21.3 Å². The molecule has 0 saturated heterocycles. The first-order chi connectivity index (χ1) is 19.1. The summed E-state index contributed by atoms with van der Waals surface area (Å²) in [6.07, 6.45) is 3.17. The average Bonchev–Trinajstić information content (AvgIpc) is 2.91. The number of hydrogen-bond donors (Lipinski definition) is 6. The van der Waals surface area contributed by atoms with Crippen LogP contribution in [0.1, 0.15) is 57.1 Å². The van der Waals surface area contributed by atoms with Gasteiger partial charge in [0.25, 0.3) is 0 Å². The van der Waals surface area contributed by atoms with Crippen LogP contribution in [-0.2, 0) is 22.4 Å². The lowest BCUT2D eigenvalue weighted by Gasteiger charge is -2.44. The monoisotopic (exact) mass is 554 g/mol. The van der Waals surface area contributed by atoms with Gasteiger partial charge in [-0.1, -0.05) is 79.9 Å². The van der Waals surface area contributed by atoms with Crippen molar-refractivity contribution in [1.29, 1.82) is 0 Å². The Morgan fingerprint density at radius 2 is 1.45 bits per heavy atom. The Morgan fingerprint density at radius 1 is 0.850 bits per heavy atom. The molecule has 0 aromatic heterocycles. The molecule has 2 unspecified atom stereocenters. The van der Waals surface area contributed by atoms with Crippen molar-refractivity contribution in [3.05, 3.63) is 71.8 Å². The third-order valence-corrected chi connectivity index (χ3v) is 6.92. The van der Waals surface area contributed by atoms with E-state index in [-0.39, 0.29) is 18.4 Å². The predicted molar refractivity (Wildman–Crippen MR) is 153 cm³/mol. The third kappa shape index (κ3) is 11.5. The Kier molecular flexibility index (Phi) is 13.8. The second kappa shape index (κ2) is 17.0. The number of rotatable bonds is 18. The number of carboxylic acid groups (broad SMARTS) is 2. The Balaban J connectivity index is 2.36. The maximum absolute atomic E-state index is 12.6. The first kappa shape index (κ1) is 32.5. The SMILES string of the molecule is CC(C=O)NCCCCCC[C@@H](Cc1ccccc1)C(Cc1ccccc1)(NC(=O)O)N[C@@H](C)C(=O)NC(=O)O. The molecular weight excluding hydrogens is 512 g/mol. The summed E-state index contributed by atoms with van der Waals surface area (Å²) in [5.74, 6) is -1.05. The lowest BCUT2D eigenvalue weighted by atomic mass is 9.78. The topological polar surface area (TPSA) is 157 Å². The molecule has 6 N–H and O–H groups in total. The molecule has 0 aliphatic carbocycles. The summed E-state index contributed by atoms with van der Waals surface area (Å²) >= 11 is 0. The van der Waals surface area contributed by atoms with Crippen molar-refractivity contribution in [3.8, 4) is 0 Å². The molecule has 3 amide bonds. The fourth-order valence-electron chi connectivity index (χ4n) is 4.94. The van der Waals surface area contributed by atoms with Crippen molar-refractivity contribution in [2.24, 2.45) is 5.92 Å². The Morgan fingerprint density at radius 3 is 2.02 bits per heavy atom. The lowest BCUT2D eigenvalue weighted by molar-refractivity contribution is -0.123. The molecule has 2 rings (SSSR count). The van der Waals surface area contributed by atoms with Gasteiger partial charge in [0.05, 0.1) is 12.1 Å². The van der Waals surface area contributed by atoms with E-state index in [4.69, 9.17) is 5.11 Å². The molecule has 10 nitrogen and oxygen atoms in total. The van der Waals surface area contributed by atoms with Crippen molar-refractivity contribution < 1.29 is 29.4 Å². The molecule has 0 aliphatic rings. The van der Waals surface area contributed by atoms with E-state index in [2.05, 4.69) is 16.0 Å². The predicted octanol–water partition coefficient (Wildman–Crippen LogP) is 3.95. The first-order valence-electron chi connectivity index (χ1n) is 13.7. The molecule has 0 spiro atoms. The quantitative estimate of drug-likeness (QED) is 0.0919. The molecule has 0 heterocycles. The number of carbonyl (C=O) groups is 4. The summed E-state index contributed by atoms with van der Waals surface area (Å²) in [7, 11) is 0. The van der Waals surface area contributed by atoms with E-state index in [1.165, 1.54) is 6.92 Å². The molecule has 0 saturated carbocycles. The second-order valence-corrected chi connectivity index (χ2v) is 10.2. The van der Waals surface area contributed by atoms with Gasteiger partial charge in [-0.05, 0) is 56.7 Å². The molecule has 0 radical (unpaired) electrons. The smallest absolute Gasteiger partial charge is 0.411 e. The van der Waals surface area contributed by atoms with Gasteiger partial charge in [-0.3, -0.25) is 15.4 Å². The molecule has 2 aromatic rings. The number of amides is 3. The molecule has 0 bridgehead atoms. The Labute approximate surface area is 235 Å². The molecule has 2 aromatic carbocycles. The van der Waals surface area contributed by atoms with Gasteiger partial charge in [0, 0.05) is 6.42 Å². The largest absolute Gasteiger partial charge is 0.465 e. The summed E-state index contributed by atoms with van der Waals surface area (Å²) in [6.45, 7) is 4.08. The molecule has 0 aliphatic heterocycles. The highest BCUT2D eigenvalue weighted by Gasteiger charge is 2.42. The Hall–Kier alpha value is -3.76. The number of benzene rings is 2. The minimum absolute atomic E-state index is 0.178. The molecule has 40 heavy (non-hydrogen) atoms. The van der Waals surface area contributed by atoms with Gasteiger partial charge in [-0.15, -0.1) is 0 Å². The van der Waals surface area contributed by atoms with Crippen LogP contribution in [0.15, 0.2) is 60.7 Å². The summed E-state index contributed by atoms with van der Waals surface area (Å²) < 4.78 is 0. The zero-order valence-electron chi connectivity index (χ0n) is 23.3. The molecular formula is C30H42N4O6. The average molecular weight is 555 g/mol. The number of aldehydes is 1. The highest BCUT2D eigenvalue weighted by molar-refractivity contribution is 5.94. The highest BCUT2D eigenvalue weighted by atomic mass is 16.4. The van der Waals surface area contributed by atoms with Crippen LogP contribution in [0, 0.1) is 5.92 Å². The van der Waals surface area contributed by atoms with Crippen molar-refractivity contribution >= 4 is 24.4 Å². The van der Waals surface area contributed by atoms with Gasteiger partial charge in [-0.25, -0.2) is 9.59 Å². The number of hydrogen-bond acceptors (Lipinski definition) is 6.